The molecular weight excluding hydrogens is 309 g/mol. The second kappa shape index (κ2) is 6.69. The van der Waals surface area contributed by atoms with Crippen molar-refractivity contribution in [1.82, 2.24) is 0 Å². The fourth-order valence-corrected chi connectivity index (χ4v) is 3.57. The predicted molar refractivity (Wildman–Crippen MR) is 91.9 cm³/mol. The number of para-hydroxylation sites is 3. The number of rotatable bonds is 5. The van der Waals surface area contributed by atoms with Crippen LogP contribution in [0.5, 0.6) is 5.75 Å². The first-order valence-electron chi connectivity index (χ1n) is 7.15. The topological polar surface area (TPSA) is 49.8 Å². The van der Waals surface area contributed by atoms with E-state index in [1.165, 1.54) is 4.67 Å². The monoisotopic (exact) mass is 325 g/mol. The lowest BCUT2D eigenvalue weighted by Gasteiger charge is -2.28. The van der Waals surface area contributed by atoms with E-state index in [2.05, 4.69) is 0 Å². The third-order valence-electron chi connectivity index (χ3n) is 3.22. The quantitative estimate of drug-likeness (QED) is 0.670. The summed E-state index contributed by atoms with van der Waals surface area (Å²) in [6, 6.07) is 26.7. The Hall–Kier alpha value is -2.55. The summed E-state index contributed by atoms with van der Waals surface area (Å²) in [5, 5.41) is 0. The van der Waals surface area contributed by atoms with Crippen LogP contribution in [0.1, 0.15) is 0 Å². The zero-order valence-corrected chi connectivity index (χ0v) is 13.2. The van der Waals surface area contributed by atoms with Gasteiger partial charge in [0.1, 0.15) is 5.75 Å². The first-order valence-corrected chi connectivity index (χ1v) is 8.68. The molecule has 0 saturated carbocycles. The largest absolute Gasteiger partial charge is 0.490 e. The molecule has 1 atom stereocenters. The van der Waals surface area contributed by atoms with Crippen LogP contribution in [0.25, 0.3) is 0 Å². The highest BCUT2D eigenvalue weighted by Gasteiger charge is 2.33. The Morgan fingerprint density at radius 2 is 1.09 bits per heavy atom. The van der Waals surface area contributed by atoms with Crippen molar-refractivity contribution in [3.63, 3.8) is 0 Å². The van der Waals surface area contributed by atoms with E-state index in [-0.39, 0.29) is 0 Å². The zero-order valence-electron chi connectivity index (χ0n) is 12.3. The van der Waals surface area contributed by atoms with Crippen LogP contribution in [0.2, 0.25) is 0 Å². The summed E-state index contributed by atoms with van der Waals surface area (Å²) in [5.41, 5.74) is 1.17. The summed E-state index contributed by atoms with van der Waals surface area (Å²) < 4.78 is 19.7. The molecule has 3 aromatic carbocycles. The summed E-state index contributed by atoms with van der Waals surface area (Å²) in [5.74, 6) is 0.343. The highest BCUT2D eigenvalue weighted by molar-refractivity contribution is 7.55. The van der Waals surface area contributed by atoms with E-state index in [0.29, 0.717) is 17.1 Å². The smallest absolute Gasteiger partial charge is 0.409 e. The lowest BCUT2D eigenvalue weighted by molar-refractivity contribution is 0.380. The highest BCUT2D eigenvalue weighted by atomic mass is 31.2. The maximum Gasteiger partial charge on any atom is 0.490 e. The summed E-state index contributed by atoms with van der Waals surface area (Å²) in [6.07, 6.45) is 0. The number of benzene rings is 3. The Morgan fingerprint density at radius 3 is 1.52 bits per heavy atom. The van der Waals surface area contributed by atoms with E-state index < -0.39 is 7.75 Å². The number of anilines is 2. The number of hydrogen-bond donors (Lipinski definition) is 1. The Balaban J connectivity index is 2.03. The second-order valence-corrected chi connectivity index (χ2v) is 6.44. The minimum Gasteiger partial charge on any atom is -0.409 e. The van der Waals surface area contributed by atoms with Gasteiger partial charge in [0, 0.05) is 0 Å². The molecule has 0 aliphatic heterocycles. The molecular formula is C18H16NO3P. The standard InChI is InChI=1S/C18H16NO3P/c20-23(21,22-18-14-8-3-9-15-18)19(16-10-4-1-5-11-16)17-12-6-2-7-13-17/h1-15H,(H,20,21). The van der Waals surface area contributed by atoms with Crippen LogP contribution in [0.3, 0.4) is 0 Å². The van der Waals surface area contributed by atoms with Crippen LogP contribution in [0, 0.1) is 0 Å². The Labute approximate surface area is 135 Å². The van der Waals surface area contributed by atoms with Gasteiger partial charge in [0.15, 0.2) is 0 Å². The van der Waals surface area contributed by atoms with E-state index in [1.807, 2.05) is 42.5 Å². The molecule has 0 radical (unpaired) electrons. The molecule has 23 heavy (non-hydrogen) atoms. The van der Waals surface area contributed by atoms with Gasteiger partial charge in [0.05, 0.1) is 11.4 Å². The van der Waals surface area contributed by atoms with Crippen molar-refractivity contribution in [2.75, 3.05) is 4.67 Å². The molecule has 0 aliphatic carbocycles. The second-order valence-electron chi connectivity index (χ2n) is 4.88. The van der Waals surface area contributed by atoms with Crippen LogP contribution in [-0.2, 0) is 4.57 Å². The van der Waals surface area contributed by atoms with Gasteiger partial charge in [-0.3, -0.25) is 4.89 Å². The average molecular weight is 325 g/mol. The molecule has 0 fully saturated rings. The number of nitrogens with zero attached hydrogens (tertiary/aromatic N) is 1. The molecule has 0 spiro atoms. The molecule has 0 saturated heterocycles. The van der Waals surface area contributed by atoms with Gasteiger partial charge in [-0.05, 0) is 36.4 Å². The van der Waals surface area contributed by atoms with Crippen molar-refractivity contribution >= 4 is 19.1 Å². The summed E-state index contributed by atoms with van der Waals surface area (Å²) in [6.45, 7) is 0. The lowest BCUT2D eigenvalue weighted by Crippen LogP contribution is -2.16. The van der Waals surface area contributed by atoms with Gasteiger partial charge in [-0.2, -0.15) is 0 Å². The molecule has 3 aromatic rings. The molecule has 4 nitrogen and oxygen atoms in total. The van der Waals surface area contributed by atoms with E-state index in [4.69, 9.17) is 4.52 Å². The van der Waals surface area contributed by atoms with Crippen molar-refractivity contribution in [3.05, 3.63) is 91.0 Å². The van der Waals surface area contributed by atoms with E-state index >= 15 is 0 Å². The van der Waals surface area contributed by atoms with Crippen LogP contribution in [-0.4, -0.2) is 4.89 Å². The first kappa shape index (κ1) is 15.3. The molecule has 1 unspecified atom stereocenters. The minimum atomic E-state index is -4.14. The first-order chi connectivity index (χ1) is 11.2. The fraction of sp³-hybridized carbons (Fsp3) is 0. The van der Waals surface area contributed by atoms with Crippen LogP contribution in [0.15, 0.2) is 91.0 Å². The van der Waals surface area contributed by atoms with Gasteiger partial charge in [0.2, 0.25) is 0 Å². The normalized spacial score (nSPS) is 13.1. The highest BCUT2D eigenvalue weighted by Crippen LogP contribution is 2.53. The molecule has 0 heterocycles. The molecule has 0 amide bonds. The van der Waals surface area contributed by atoms with Crippen molar-refractivity contribution in [1.29, 1.82) is 0 Å². The zero-order chi connectivity index (χ0) is 16.1. The van der Waals surface area contributed by atoms with Crippen molar-refractivity contribution in [3.8, 4) is 5.75 Å². The number of hydrogen-bond acceptors (Lipinski definition) is 2. The van der Waals surface area contributed by atoms with E-state index in [9.17, 15) is 9.46 Å². The van der Waals surface area contributed by atoms with Gasteiger partial charge in [0.25, 0.3) is 0 Å². The molecule has 0 bridgehead atoms. The van der Waals surface area contributed by atoms with Gasteiger partial charge < -0.3 is 4.52 Å². The third kappa shape index (κ3) is 3.62. The van der Waals surface area contributed by atoms with Gasteiger partial charge >= 0.3 is 7.75 Å². The van der Waals surface area contributed by atoms with Crippen molar-refractivity contribution in [2.45, 2.75) is 0 Å². The van der Waals surface area contributed by atoms with Crippen LogP contribution >= 0.6 is 7.75 Å². The van der Waals surface area contributed by atoms with Gasteiger partial charge in [-0.25, -0.2) is 9.24 Å². The van der Waals surface area contributed by atoms with Crippen molar-refractivity contribution in [2.24, 2.45) is 0 Å². The maximum absolute atomic E-state index is 12.9. The molecule has 5 heteroatoms. The van der Waals surface area contributed by atoms with E-state index in [1.54, 1.807) is 48.5 Å². The average Bonchev–Trinajstić information content (AvgIpc) is 2.57. The summed E-state index contributed by atoms with van der Waals surface area (Å²) in [4.78, 5) is 10.6. The Morgan fingerprint density at radius 1 is 0.696 bits per heavy atom. The molecule has 116 valence electrons. The van der Waals surface area contributed by atoms with Crippen molar-refractivity contribution < 1.29 is 14.0 Å². The van der Waals surface area contributed by atoms with Gasteiger partial charge in [-0.15, -0.1) is 0 Å². The molecule has 1 N–H and O–H groups in total. The molecule has 0 aromatic heterocycles. The van der Waals surface area contributed by atoms with Gasteiger partial charge in [-0.1, -0.05) is 54.6 Å². The Bertz CT molecular complexity index is 755. The minimum absolute atomic E-state index is 0.343. The predicted octanol–water partition coefficient (Wildman–Crippen LogP) is 5.00. The molecule has 3 rings (SSSR count). The fourth-order valence-electron chi connectivity index (χ4n) is 2.24. The summed E-state index contributed by atoms with van der Waals surface area (Å²) in [7, 11) is -4.14. The maximum atomic E-state index is 12.9. The summed E-state index contributed by atoms with van der Waals surface area (Å²) >= 11 is 0. The SMILES string of the molecule is O=P(O)(Oc1ccccc1)N(c1ccccc1)c1ccccc1. The Kier molecular flexibility index (Phi) is 4.47. The lowest BCUT2D eigenvalue weighted by atomic mass is 10.3. The van der Waals surface area contributed by atoms with Crippen LogP contribution in [0.4, 0.5) is 11.4 Å². The van der Waals surface area contributed by atoms with Crippen LogP contribution < -0.4 is 9.19 Å². The third-order valence-corrected chi connectivity index (χ3v) is 4.64. The molecule has 0 aliphatic rings. The van der Waals surface area contributed by atoms with E-state index in [0.717, 1.165) is 0 Å².